The Hall–Kier alpha value is -3.02. The predicted octanol–water partition coefficient (Wildman–Crippen LogP) is 6.07. The van der Waals surface area contributed by atoms with Gasteiger partial charge in [-0.05, 0) is 30.7 Å². The zero-order valence-corrected chi connectivity index (χ0v) is 27.7. The predicted molar refractivity (Wildman–Crippen MR) is 174 cm³/mol. The highest BCUT2D eigenvalue weighted by molar-refractivity contribution is 7.89. The average molecular weight is 650 g/mol. The number of sulfonamides is 1. The van der Waals surface area contributed by atoms with Gasteiger partial charge in [-0.25, -0.2) is 8.42 Å². The maximum Gasteiger partial charge on any atom is 0.259 e. The first-order valence-corrected chi connectivity index (χ1v) is 18.1. The number of para-hydroxylation sites is 4. The van der Waals surface area contributed by atoms with Crippen LogP contribution in [-0.2, 0) is 24.3 Å². The van der Waals surface area contributed by atoms with Crippen molar-refractivity contribution in [3.8, 4) is 23.0 Å². The quantitative estimate of drug-likeness (QED) is 0.229. The van der Waals surface area contributed by atoms with Crippen LogP contribution in [0.15, 0.2) is 48.5 Å². The van der Waals surface area contributed by atoms with Crippen LogP contribution in [0.2, 0.25) is 0 Å². The number of rotatable bonds is 15. The number of carbonyl (C=O) groups excluding carboxylic acids is 1. The molecule has 11 heteroatoms. The fraction of sp³-hybridized carbons (Fsp3) is 0.618. The largest absolute Gasteiger partial charge is 0.487 e. The van der Waals surface area contributed by atoms with Gasteiger partial charge < -0.3 is 28.4 Å². The zero-order valence-electron chi connectivity index (χ0n) is 26.9. The van der Waals surface area contributed by atoms with E-state index in [0.717, 1.165) is 25.5 Å². The number of hydrogen-bond donors (Lipinski definition) is 1. The van der Waals surface area contributed by atoms with Crippen molar-refractivity contribution in [2.75, 3.05) is 52.5 Å². The number of nitrogens with one attached hydrogen (secondary N) is 1. The second-order valence-electron chi connectivity index (χ2n) is 11.5. The minimum absolute atomic E-state index is 0.0382. The van der Waals surface area contributed by atoms with Crippen molar-refractivity contribution >= 4 is 15.9 Å². The Morgan fingerprint density at radius 3 is 1.62 bits per heavy atom. The SMILES string of the molecule is CCCCCCCCCCCCC1(OCC(=O)NS(C)(=O)=O)COc2ccccc2OCCOCCOc2ccccc2OC1. The first-order chi connectivity index (χ1) is 21.8. The summed E-state index contributed by atoms with van der Waals surface area (Å²) in [6.45, 7) is 3.22. The number of unbranched alkanes of at least 4 members (excludes halogenated alkanes) is 9. The summed E-state index contributed by atoms with van der Waals surface area (Å²) < 4.78 is 61.8. The van der Waals surface area contributed by atoms with Crippen molar-refractivity contribution in [1.82, 2.24) is 4.72 Å². The highest BCUT2D eigenvalue weighted by atomic mass is 32.2. The van der Waals surface area contributed by atoms with Crippen LogP contribution in [-0.4, -0.2) is 72.4 Å². The molecule has 0 saturated heterocycles. The molecule has 1 aliphatic rings. The monoisotopic (exact) mass is 649 g/mol. The second kappa shape index (κ2) is 20.2. The van der Waals surface area contributed by atoms with Crippen LogP contribution in [0, 0.1) is 0 Å². The number of ether oxygens (including phenoxy) is 6. The molecule has 2 aromatic carbocycles. The lowest BCUT2D eigenvalue weighted by molar-refractivity contribution is -0.140. The van der Waals surface area contributed by atoms with Gasteiger partial charge >= 0.3 is 0 Å². The minimum Gasteiger partial charge on any atom is -0.487 e. The van der Waals surface area contributed by atoms with Gasteiger partial charge in [0, 0.05) is 0 Å². The van der Waals surface area contributed by atoms with Crippen LogP contribution >= 0.6 is 0 Å². The van der Waals surface area contributed by atoms with Gasteiger partial charge in [-0.1, -0.05) is 95.4 Å². The number of hydrogen-bond acceptors (Lipinski definition) is 9. The first kappa shape index (κ1) is 36.4. The molecule has 10 nitrogen and oxygen atoms in total. The van der Waals surface area contributed by atoms with E-state index in [-0.39, 0.29) is 13.2 Å². The molecular formula is C34H51NO9S. The smallest absolute Gasteiger partial charge is 0.259 e. The molecule has 252 valence electrons. The van der Waals surface area contributed by atoms with Gasteiger partial charge in [-0.2, -0.15) is 0 Å². The Morgan fingerprint density at radius 1 is 0.711 bits per heavy atom. The van der Waals surface area contributed by atoms with Gasteiger partial charge in [0.1, 0.15) is 38.6 Å². The fourth-order valence-electron chi connectivity index (χ4n) is 5.05. The Labute approximate surface area is 269 Å². The molecule has 0 spiro atoms. The highest BCUT2D eigenvalue weighted by Gasteiger charge is 2.35. The first-order valence-electron chi connectivity index (χ1n) is 16.2. The normalized spacial score (nSPS) is 15.7. The summed E-state index contributed by atoms with van der Waals surface area (Å²) in [5, 5.41) is 0. The summed E-state index contributed by atoms with van der Waals surface area (Å²) in [6.07, 6.45) is 13.1. The van der Waals surface area contributed by atoms with Gasteiger partial charge in [-0.3, -0.25) is 9.52 Å². The zero-order chi connectivity index (χ0) is 32.2. The van der Waals surface area contributed by atoms with Gasteiger partial charge in [-0.15, -0.1) is 0 Å². The molecule has 0 radical (unpaired) electrons. The third kappa shape index (κ3) is 14.7. The highest BCUT2D eigenvalue weighted by Crippen LogP contribution is 2.32. The van der Waals surface area contributed by atoms with Crippen LogP contribution in [0.25, 0.3) is 0 Å². The molecule has 0 fully saturated rings. The van der Waals surface area contributed by atoms with Crippen LogP contribution in [0.5, 0.6) is 23.0 Å². The molecule has 1 amide bonds. The van der Waals surface area contributed by atoms with Crippen LogP contribution in [0.3, 0.4) is 0 Å². The molecular weight excluding hydrogens is 598 g/mol. The van der Waals surface area contributed by atoms with E-state index in [0.29, 0.717) is 55.8 Å². The molecule has 0 saturated carbocycles. The lowest BCUT2D eigenvalue weighted by atomic mass is 9.96. The van der Waals surface area contributed by atoms with Gasteiger partial charge in [0.05, 0.1) is 19.5 Å². The van der Waals surface area contributed by atoms with E-state index in [9.17, 15) is 13.2 Å². The molecule has 1 N–H and O–H groups in total. The average Bonchev–Trinajstić information content (AvgIpc) is 3.01. The molecule has 1 aliphatic heterocycles. The molecule has 45 heavy (non-hydrogen) atoms. The van der Waals surface area contributed by atoms with Crippen LogP contribution < -0.4 is 23.7 Å². The third-order valence-electron chi connectivity index (χ3n) is 7.44. The lowest BCUT2D eigenvalue weighted by Gasteiger charge is -2.34. The molecule has 0 unspecified atom stereocenters. The van der Waals surface area contributed by atoms with Crippen molar-refractivity contribution in [3.05, 3.63) is 48.5 Å². The molecule has 0 atom stereocenters. The lowest BCUT2D eigenvalue weighted by Crippen LogP contribution is -2.47. The maximum atomic E-state index is 12.6. The Kier molecular flexibility index (Phi) is 16.3. The Morgan fingerprint density at radius 2 is 1.16 bits per heavy atom. The number of benzene rings is 2. The van der Waals surface area contributed by atoms with E-state index in [2.05, 4.69) is 6.92 Å². The maximum absolute atomic E-state index is 12.6. The molecule has 0 aromatic heterocycles. The van der Waals surface area contributed by atoms with Crippen molar-refractivity contribution in [2.45, 2.75) is 83.2 Å². The fourth-order valence-corrected chi connectivity index (χ4v) is 5.52. The summed E-state index contributed by atoms with van der Waals surface area (Å²) in [7, 11) is -3.75. The summed E-state index contributed by atoms with van der Waals surface area (Å²) in [6, 6.07) is 14.7. The van der Waals surface area contributed by atoms with Crippen LogP contribution in [0.4, 0.5) is 0 Å². The van der Waals surface area contributed by atoms with E-state index >= 15 is 0 Å². The molecule has 0 bridgehead atoms. The van der Waals surface area contributed by atoms with Gasteiger partial charge in [0.15, 0.2) is 23.0 Å². The molecule has 0 aliphatic carbocycles. The van der Waals surface area contributed by atoms with E-state index in [1.807, 2.05) is 53.3 Å². The third-order valence-corrected chi connectivity index (χ3v) is 8.04. The van der Waals surface area contributed by atoms with Crippen molar-refractivity contribution in [3.63, 3.8) is 0 Å². The molecule has 1 heterocycles. The van der Waals surface area contributed by atoms with E-state index in [4.69, 9.17) is 28.4 Å². The summed E-state index contributed by atoms with van der Waals surface area (Å²) in [4.78, 5) is 12.6. The summed E-state index contributed by atoms with van der Waals surface area (Å²) in [5.41, 5.74) is -1.09. The minimum atomic E-state index is -3.75. The number of fused-ring (bicyclic) bond motifs is 2. The van der Waals surface area contributed by atoms with E-state index < -0.39 is 28.1 Å². The van der Waals surface area contributed by atoms with Crippen molar-refractivity contribution in [1.29, 1.82) is 0 Å². The number of amides is 1. The summed E-state index contributed by atoms with van der Waals surface area (Å²) in [5.74, 6) is 1.38. The topological polar surface area (TPSA) is 119 Å². The summed E-state index contributed by atoms with van der Waals surface area (Å²) >= 11 is 0. The molecule has 3 rings (SSSR count). The van der Waals surface area contributed by atoms with Crippen LogP contribution in [0.1, 0.15) is 77.6 Å². The Balaban J connectivity index is 1.79. The van der Waals surface area contributed by atoms with E-state index in [1.165, 1.54) is 44.9 Å². The molecule has 2 aromatic rings. The second-order valence-corrected chi connectivity index (χ2v) is 13.2. The van der Waals surface area contributed by atoms with Gasteiger partial charge in [0.2, 0.25) is 10.0 Å². The van der Waals surface area contributed by atoms with Gasteiger partial charge in [0.25, 0.3) is 5.91 Å². The Bertz CT molecular complexity index is 1180. The van der Waals surface area contributed by atoms with E-state index in [1.54, 1.807) is 0 Å². The standard InChI is InChI=1S/C34H51NO9S/c1-3-4-5-6-7-8-9-10-11-16-21-34(44-26-33(36)35-45(2,37)38)27-42-31-19-14-12-17-29(31)40-24-22-39-23-25-41-30-18-13-15-20-32(30)43-28-34/h12-15,17-20H,3-11,16,21-28H2,1-2H3,(H,35,36). The number of carbonyl (C=O) groups is 1. The van der Waals surface area contributed by atoms with Crippen molar-refractivity contribution in [2.24, 2.45) is 0 Å². The van der Waals surface area contributed by atoms with Crippen molar-refractivity contribution < 1.29 is 41.6 Å².